The molecule has 0 amide bonds. The highest BCUT2D eigenvalue weighted by atomic mass is 19.3. The smallest absolute Gasteiger partial charge is 0.343 e. The maximum absolute atomic E-state index is 13.4. The van der Waals surface area contributed by atoms with Crippen LogP contribution in [0.2, 0.25) is 0 Å². The maximum atomic E-state index is 13.4. The molecule has 0 bridgehead atoms. The number of benzene rings is 1. The van der Waals surface area contributed by atoms with Gasteiger partial charge in [0.15, 0.2) is 0 Å². The van der Waals surface area contributed by atoms with Gasteiger partial charge in [0.25, 0.3) is 0 Å². The second-order valence-corrected chi connectivity index (χ2v) is 3.63. The first-order chi connectivity index (χ1) is 8.26. The molecule has 0 radical (unpaired) electrons. The summed E-state index contributed by atoms with van der Waals surface area (Å²) in [5.41, 5.74) is -0.331. The number of aliphatic hydroxyl groups excluding tert-OH is 1. The normalized spacial score (nSPS) is 14.1. The Morgan fingerprint density at radius 1 is 1.22 bits per heavy atom. The summed E-state index contributed by atoms with van der Waals surface area (Å²) in [5, 5.41) is 9.36. The van der Waals surface area contributed by atoms with Crippen molar-refractivity contribution in [1.29, 1.82) is 0 Å². The van der Waals surface area contributed by atoms with Crippen molar-refractivity contribution in [2.75, 3.05) is 7.11 Å². The molecule has 18 heavy (non-hydrogen) atoms. The number of methoxy groups -OCH3 is 1. The number of halogens is 4. The van der Waals surface area contributed by atoms with Crippen LogP contribution >= 0.6 is 0 Å². The molecule has 0 saturated carbocycles. The third kappa shape index (κ3) is 2.48. The predicted octanol–water partition coefficient (Wildman–Crippen LogP) is 3.19. The highest BCUT2D eigenvalue weighted by Gasteiger charge is 2.59. The first kappa shape index (κ1) is 14.5. The fourth-order valence-electron chi connectivity index (χ4n) is 1.31. The second kappa shape index (κ2) is 4.97. The zero-order valence-electron chi connectivity index (χ0n) is 9.54. The number of alkyl halides is 4. The van der Waals surface area contributed by atoms with Gasteiger partial charge in [0.2, 0.25) is 0 Å². The van der Waals surface area contributed by atoms with Crippen LogP contribution < -0.4 is 4.74 Å². The van der Waals surface area contributed by atoms with Gasteiger partial charge in [-0.25, -0.2) is 0 Å². The Balaban J connectivity index is 3.05. The van der Waals surface area contributed by atoms with Gasteiger partial charge in [-0.15, -0.1) is 0 Å². The quantitative estimate of drug-likeness (QED) is 0.653. The molecule has 1 atom stereocenters. The lowest BCUT2D eigenvalue weighted by atomic mass is 9.98. The Kier molecular flexibility index (Phi) is 4.01. The molecule has 0 spiro atoms. The lowest BCUT2D eigenvalue weighted by Gasteiger charge is -2.28. The molecule has 0 aliphatic rings. The Morgan fingerprint density at radius 3 is 2.11 bits per heavy atom. The van der Waals surface area contributed by atoms with E-state index in [2.05, 4.69) is 6.58 Å². The third-order valence-electron chi connectivity index (χ3n) is 2.48. The van der Waals surface area contributed by atoms with Crippen molar-refractivity contribution in [3.8, 4) is 5.75 Å². The number of ether oxygens (including phenoxy) is 1. The predicted molar refractivity (Wildman–Crippen MR) is 58.0 cm³/mol. The van der Waals surface area contributed by atoms with Gasteiger partial charge in [-0.3, -0.25) is 0 Å². The lowest BCUT2D eigenvalue weighted by Crippen LogP contribution is -2.43. The molecule has 0 heterocycles. The molecule has 100 valence electrons. The van der Waals surface area contributed by atoms with E-state index in [1.54, 1.807) is 0 Å². The van der Waals surface area contributed by atoms with Gasteiger partial charge in [0, 0.05) is 0 Å². The number of rotatable bonds is 5. The van der Waals surface area contributed by atoms with Crippen molar-refractivity contribution in [1.82, 2.24) is 0 Å². The van der Waals surface area contributed by atoms with Gasteiger partial charge in [0.05, 0.1) is 7.11 Å². The molecule has 0 saturated heterocycles. The van der Waals surface area contributed by atoms with Crippen LogP contribution in [-0.2, 0) is 0 Å². The first-order valence-corrected chi connectivity index (χ1v) is 4.97. The lowest BCUT2D eigenvalue weighted by molar-refractivity contribution is -0.232. The fraction of sp³-hybridized carbons (Fsp3) is 0.333. The monoisotopic (exact) mass is 264 g/mol. The van der Waals surface area contributed by atoms with E-state index in [-0.39, 0.29) is 11.6 Å². The summed E-state index contributed by atoms with van der Waals surface area (Å²) >= 11 is 0. The standard InChI is InChI=1S/C12H12F4O2/c1-3-11(13,14)12(15,16)10(17)8-4-6-9(18-2)7-5-8/h3-7,10,17H,1H2,2H3. The van der Waals surface area contributed by atoms with E-state index in [1.807, 2.05) is 0 Å². The molecular weight excluding hydrogens is 252 g/mol. The van der Waals surface area contributed by atoms with Crippen LogP contribution in [0.5, 0.6) is 5.75 Å². The average molecular weight is 264 g/mol. The summed E-state index contributed by atoms with van der Waals surface area (Å²) in [5.74, 6) is -8.76. The van der Waals surface area contributed by atoms with Gasteiger partial charge in [0.1, 0.15) is 11.9 Å². The summed E-state index contributed by atoms with van der Waals surface area (Å²) < 4.78 is 57.4. The van der Waals surface area contributed by atoms with Crippen molar-refractivity contribution in [3.63, 3.8) is 0 Å². The Labute approximate surface area is 102 Å². The summed E-state index contributed by atoms with van der Waals surface area (Å²) in [6, 6.07) is 4.77. The van der Waals surface area contributed by atoms with Gasteiger partial charge >= 0.3 is 11.8 Å². The van der Waals surface area contributed by atoms with E-state index in [1.165, 1.54) is 19.2 Å². The van der Waals surface area contributed by atoms with Gasteiger partial charge in [-0.1, -0.05) is 18.7 Å². The summed E-state index contributed by atoms with van der Waals surface area (Å²) in [4.78, 5) is 0. The summed E-state index contributed by atoms with van der Waals surface area (Å²) in [6.45, 7) is 2.64. The topological polar surface area (TPSA) is 29.5 Å². The Bertz CT molecular complexity index is 415. The molecular formula is C12H12F4O2. The highest BCUT2D eigenvalue weighted by molar-refractivity contribution is 5.30. The number of hydrogen-bond donors (Lipinski definition) is 1. The highest BCUT2D eigenvalue weighted by Crippen LogP contribution is 2.44. The van der Waals surface area contributed by atoms with Crippen molar-refractivity contribution in [2.24, 2.45) is 0 Å². The van der Waals surface area contributed by atoms with E-state index in [9.17, 15) is 22.7 Å². The molecule has 1 N–H and O–H groups in total. The van der Waals surface area contributed by atoms with E-state index < -0.39 is 17.9 Å². The van der Waals surface area contributed by atoms with Crippen molar-refractivity contribution < 1.29 is 27.4 Å². The molecule has 1 aromatic rings. The zero-order chi connectivity index (χ0) is 14.0. The molecule has 0 fully saturated rings. The van der Waals surface area contributed by atoms with Crippen LogP contribution in [0.25, 0.3) is 0 Å². The SMILES string of the molecule is C=CC(F)(F)C(F)(F)C(O)c1ccc(OC)cc1. The Morgan fingerprint density at radius 2 is 1.72 bits per heavy atom. The third-order valence-corrected chi connectivity index (χ3v) is 2.48. The van der Waals surface area contributed by atoms with Crippen LogP contribution in [0, 0.1) is 0 Å². The van der Waals surface area contributed by atoms with Crippen molar-refractivity contribution >= 4 is 0 Å². The second-order valence-electron chi connectivity index (χ2n) is 3.63. The number of aliphatic hydroxyl groups is 1. The van der Waals surface area contributed by atoms with E-state index in [0.29, 0.717) is 5.75 Å². The van der Waals surface area contributed by atoms with E-state index in [0.717, 1.165) is 12.1 Å². The number of hydrogen-bond acceptors (Lipinski definition) is 2. The fourth-order valence-corrected chi connectivity index (χ4v) is 1.31. The minimum absolute atomic E-state index is 0.181. The average Bonchev–Trinajstić information content (AvgIpc) is 2.37. The molecule has 1 rings (SSSR count). The van der Waals surface area contributed by atoms with E-state index in [4.69, 9.17) is 4.74 Å². The van der Waals surface area contributed by atoms with Crippen LogP contribution in [0.15, 0.2) is 36.9 Å². The summed E-state index contributed by atoms with van der Waals surface area (Å²) in [7, 11) is 1.37. The van der Waals surface area contributed by atoms with Gasteiger partial charge in [-0.05, 0) is 23.8 Å². The van der Waals surface area contributed by atoms with Gasteiger partial charge < -0.3 is 9.84 Å². The summed E-state index contributed by atoms with van der Waals surface area (Å²) in [6.07, 6.45) is -2.81. The van der Waals surface area contributed by atoms with Crippen LogP contribution in [0.1, 0.15) is 11.7 Å². The molecule has 2 nitrogen and oxygen atoms in total. The van der Waals surface area contributed by atoms with E-state index >= 15 is 0 Å². The maximum Gasteiger partial charge on any atom is 0.343 e. The van der Waals surface area contributed by atoms with Gasteiger partial charge in [-0.2, -0.15) is 17.6 Å². The minimum Gasteiger partial charge on any atom is -0.497 e. The Hall–Kier alpha value is -1.56. The van der Waals surface area contributed by atoms with Crippen molar-refractivity contribution in [2.45, 2.75) is 17.9 Å². The number of allylic oxidation sites excluding steroid dienone is 1. The molecule has 0 aliphatic heterocycles. The first-order valence-electron chi connectivity index (χ1n) is 4.97. The van der Waals surface area contributed by atoms with Crippen LogP contribution in [0.4, 0.5) is 17.6 Å². The van der Waals surface area contributed by atoms with Crippen LogP contribution in [-0.4, -0.2) is 24.1 Å². The van der Waals surface area contributed by atoms with Crippen LogP contribution in [0.3, 0.4) is 0 Å². The molecule has 1 aromatic carbocycles. The zero-order valence-corrected chi connectivity index (χ0v) is 9.54. The molecule has 0 aliphatic carbocycles. The minimum atomic E-state index is -4.64. The molecule has 6 heteroatoms. The molecule has 0 aromatic heterocycles. The molecule has 1 unspecified atom stereocenters. The largest absolute Gasteiger partial charge is 0.497 e. The van der Waals surface area contributed by atoms with Crippen molar-refractivity contribution in [3.05, 3.63) is 42.5 Å².